The number of benzene rings is 2. The zero-order chi connectivity index (χ0) is 20.7. The maximum atomic E-state index is 13.4. The minimum Gasteiger partial charge on any atom is -0.493 e. The zero-order valence-electron chi connectivity index (χ0n) is 15.3. The fourth-order valence-corrected chi connectivity index (χ4v) is 3.16. The summed E-state index contributed by atoms with van der Waals surface area (Å²) in [7, 11) is -2.39. The second kappa shape index (κ2) is 9.36. The lowest BCUT2D eigenvalue weighted by atomic mass is 10.3. The van der Waals surface area contributed by atoms with Crippen molar-refractivity contribution in [3.8, 4) is 11.5 Å². The number of anilines is 1. The van der Waals surface area contributed by atoms with Gasteiger partial charge >= 0.3 is 0 Å². The maximum Gasteiger partial charge on any atom is 0.240 e. The summed E-state index contributed by atoms with van der Waals surface area (Å²) in [5.74, 6) is -1.92. The molecule has 2 rings (SSSR count). The number of nitrogens with zero attached hydrogens (tertiary/aromatic N) is 1. The third-order valence-electron chi connectivity index (χ3n) is 3.63. The van der Waals surface area contributed by atoms with Crippen molar-refractivity contribution in [2.75, 3.05) is 37.4 Å². The molecule has 0 heterocycles. The van der Waals surface area contributed by atoms with Crippen molar-refractivity contribution in [3.05, 3.63) is 54.1 Å². The van der Waals surface area contributed by atoms with Gasteiger partial charge in [0.2, 0.25) is 15.9 Å². The number of halogens is 2. The molecule has 0 aliphatic rings. The van der Waals surface area contributed by atoms with Crippen molar-refractivity contribution in [1.82, 2.24) is 5.32 Å². The van der Waals surface area contributed by atoms with Crippen LogP contribution in [0.25, 0.3) is 0 Å². The highest BCUT2D eigenvalue weighted by Crippen LogP contribution is 2.25. The van der Waals surface area contributed by atoms with Gasteiger partial charge in [-0.3, -0.25) is 9.10 Å². The van der Waals surface area contributed by atoms with Crippen LogP contribution in [-0.4, -0.2) is 47.4 Å². The molecule has 1 amide bonds. The molecule has 2 aromatic rings. The van der Waals surface area contributed by atoms with Crippen molar-refractivity contribution >= 4 is 21.6 Å². The number of methoxy groups -OCH3 is 1. The lowest BCUT2D eigenvalue weighted by Gasteiger charge is -2.22. The monoisotopic (exact) mass is 414 g/mol. The lowest BCUT2D eigenvalue weighted by molar-refractivity contribution is -0.119. The van der Waals surface area contributed by atoms with Crippen LogP contribution in [0.15, 0.2) is 42.5 Å². The van der Waals surface area contributed by atoms with Gasteiger partial charge in [-0.05, 0) is 24.3 Å². The Labute approximate surface area is 161 Å². The molecule has 0 saturated carbocycles. The molecule has 0 bridgehead atoms. The summed E-state index contributed by atoms with van der Waals surface area (Å²) in [6.07, 6.45) is 0.867. The Bertz CT molecular complexity index is 937. The first kappa shape index (κ1) is 21.4. The van der Waals surface area contributed by atoms with Crippen molar-refractivity contribution in [3.63, 3.8) is 0 Å². The topological polar surface area (TPSA) is 84.9 Å². The van der Waals surface area contributed by atoms with E-state index >= 15 is 0 Å². The molecular weight excluding hydrogens is 394 g/mol. The molecule has 28 heavy (non-hydrogen) atoms. The molecule has 7 nitrogen and oxygen atoms in total. The van der Waals surface area contributed by atoms with E-state index in [0.717, 1.165) is 18.4 Å². The number of hydrogen-bond acceptors (Lipinski definition) is 5. The van der Waals surface area contributed by atoms with Crippen LogP contribution in [0.1, 0.15) is 0 Å². The predicted molar refractivity (Wildman–Crippen MR) is 100 cm³/mol. The van der Waals surface area contributed by atoms with Gasteiger partial charge in [-0.25, -0.2) is 17.2 Å². The summed E-state index contributed by atoms with van der Waals surface area (Å²) in [4.78, 5) is 12.1. The first-order valence-electron chi connectivity index (χ1n) is 8.17. The SMILES string of the molecule is COc1ccccc1OCCNC(=O)CN(c1ccc(F)c(F)c1)S(C)(=O)=O. The molecular formula is C18H20F2N2O5S. The van der Waals surface area contributed by atoms with Gasteiger partial charge < -0.3 is 14.8 Å². The summed E-state index contributed by atoms with van der Waals surface area (Å²) in [6.45, 7) is -0.360. The largest absolute Gasteiger partial charge is 0.493 e. The highest BCUT2D eigenvalue weighted by atomic mass is 32.2. The molecule has 0 aliphatic heterocycles. The van der Waals surface area contributed by atoms with Gasteiger partial charge in [-0.15, -0.1) is 0 Å². The third kappa shape index (κ3) is 5.81. The van der Waals surface area contributed by atoms with Crippen molar-refractivity contribution in [1.29, 1.82) is 0 Å². The number of carbonyl (C=O) groups excluding carboxylic acids is 1. The van der Waals surface area contributed by atoms with Crippen LogP contribution >= 0.6 is 0 Å². The summed E-state index contributed by atoms with van der Waals surface area (Å²) in [5, 5.41) is 2.51. The minimum atomic E-state index is -3.89. The Balaban J connectivity index is 1.94. The van der Waals surface area contributed by atoms with E-state index in [9.17, 15) is 22.0 Å². The number of ether oxygens (including phenoxy) is 2. The number of rotatable bonds is 9. The Hall–Kier alpha value is -2.88. The number of para-hydroxylation sites is 2. The quantitative estimate of drug-likeness (QED) is 0.634. The fraction of sp³-hybridized carbons (Fsp3) is 0.278. The van der Waals surface area contributed by atoms with Crippen LogP contribution in [0.3, 0.4) is 0 Å². The smallest absolute Gasteiger partial charge is 0.240 e. The maximum absolute atomic E-state index is 13.4. The first-order chi connectivity index (χ1) is 13.2. The summed E-state index contributed by atoms with van der Waals surface area (Å²) in [6, 6.07) is 9.57. The standard InChI is InChI=1S/C18H20F2N2O5S/c1-26-16-5-3-4-6-17(16)27-10-9-21-18(23)12-22(28(2,24)25)13-7-8-14(19)15(20)11-13/h3-8,11H,9-10,12H2,1-2H3,(H,21,23). The summed E-state index contributed by atoms with van der Waals surface area (Å²) in [5.41, 5.74) is -0.151. The first-order valence-corrected chi connectivity index (χ1v) is 10.0. The normalized spacial score (nSPS) is 11.0. The number of nitrogens with one attached hydrogen (secondary N) is 1. The van der Waals surface area contributed by atoms with E-state index in [-0.39, 0.29) is 18.8 Å². The van der Waals surface area contributed by atoms with E-state index in [1.165, 1.54) is 7.11 Å². The average Bonchev–Trinajstić information content (AvgIpc) is 2.65. The van der Waals surface area contributed by atoms with Gasteiger partial charge in [-0.1, -0.05) is 12.1 Å². The highest BCUT2D eigenvalue weighted by molar-refractivity contribution is 7.92. The Morgan fingerprint density at radius 1 is 1.11 bits per heavy atom. The van der Waals surface area contributed by atoms with Gasteiger partial charge in [-0.2, -0.15) is 0 Å². The number of hydrogen-bond donors (Lipinski definition) is 1. The molecule has 0 spiro atoms. The van der Waals surface area contributed by atoms with E-state index in [1.807, 2.05) is 0 Å². The van der Waals surface area contributed by atoms with E-state index in [0.29, 0.717) is 21.9 Å². The molecule has 10 heteroatoms. The van der Waals surface area contributed by atoms with Crippen molar-refractivity contribution < 1.29 is 31.5 Å². The van der Waals surface area contributed by atoms with E-state index in [2.05, 4.69) is 5.32 Å². The fourth-order valence-electron chi connectivity index (χ4n) is 2.32. The summed E-state index contributed by atoms with van der Waals surface area (Å²) < 4.78 is 61.7. The molecule has 0 aliphatic carbocycles. The second-order valence-corrected chi connectivity index (χ2v) is 7.62. The molecule has 152 valence electrons. The Kier molecular flexibility index (Phi) is 7.16. The average molecular weight is 414 g/mol. The predicted octanol–water partition coefficient (Wildman–Crippen LogP) is 1.93. The highest BCUT2D eigenvalue weighted by Gasteiger charge is 2.22. The van der Waals surface area contributed by atoms with Crippen molar-refractivity contribution in [2.24, 2.45) is 0 Å². The van der Waals surface area contributed by atoms with Crippen LogP contribution in [0.5, 0.6) is 11.5 Å². The van der Waals surface area contributed by atoms with Crippen LogP contribution < -0.4 is 19.1 Å². The second-order valence-electron chi connectivity index (χ2n) is 5.72. The molecule has 0 aromatic heterocycles. The van der Waals surface area contributed by atoms with Gasteiger partial charge in [0.1, 0.15) is 13.2 Å². The van der Waals surface area contributed by atoms with E-state index < -0.39 is 34.1 Å². The van der Waals surface area contributed by atoms with Crippen LogP contribution in [-0.2, 0) is 14.8 Å². The Morgan fingerprint density at radius 2 is 1.79 bits per heavy atom. The van der Waals surface area contributed by atoms with Crippen molar-refractivity contribution in [2.45, 2.75) is 0 Å². The van der Waals surface area contributed by atoms with E-state index in [1.54, 1.807) is 24.3 Å². The molecule has 0 radical (unpaired) electrons. The number of carbonyl (C=O) groups is 1. The lowest BCUT2D eigenvalue weighted by Crippen LogP contribution is -2.41. The molecule has 0 atom stereocenters. The van der Waals surface area contributed by atoms with Crippen LogP contribution in [0.4, 0.5) is 14.5 Å². The molecule has 1 N–H and O–H groups in total. The number of amides is 1. The summed E-state index contributed by atoms with van der Waals surface area (Å²) >= 11 is 0. The van der Waals surface area contributed by atoms with Gasteiger partial charge in [0.05, 0.1) is 25.6 Å². The molecule has 2 aromatic carbocycles. The third-order valence-corrected chi connectivity index (χ3v) is 4.77. The number of sulfonamides is 1. The van der Waals surface area contributed by atoms with Crippen LogP contribution in [0, 0.1) is 11.6 Å². The molecule has 0 saturated heterocycles. The zero-order valence-corrected chi connectivity index (χ0v) is 16.1. The van der Waals surface area contributed by atoms with Gasteiger partial charge in [0, 0.05) is 6.07 Å². The molecule has 0 unspecified atom stereocenters. The molecule has 0 fully saturated rings. The van der Waals surface area contributed by atoms with Gasteiger partial charge in [0.25, 0.3) is 0 Å². The van der Waals surface area contributed by atoms with E-state index in [4.69, 9.17) is 9.47 Å². The van der Waals surface area contributed by atoms with Gasteiger partial charge in [0.15, 0.2) is 23.1 Å². The Morgan fingerprint density at radius 3 is 2.39 bits per heavy atom. The van der Waals surface area contributed by atoms with Crippen LogP contribution in [0.2, 0.25) is 0 Å². The minimum absolute atomic E-state index is 0.103.